The van der Waals surface area contributed by atoms with Crippen LogP contribution in [0.4, 0.5) is 4.39 Å². The first-order valence-corrected chi connectivity index (χ1v) is 8.49. The normalized spacial score (nSPS) is 12.6. The zero-order chi connectivity index (χ0) is 14.5. The Labute approximate surface area is 132 Å². The smallest absolute Gasteiger partial charge is 0.123 e. The molecule has 0 bridgehead atoms. The second-order valence-corrected chi connectivity index (χ2v) is 6.92. The van der Waals surface area contributed by atoms with Gasteiger partial charge >= 0.3 is 0 Å². The summed E-state index contributed by atoms with van der Waals surface area (Å²) < 4.78 is 14.7. The van der Waals surface area contributed by atoms with E-state index >= 15 is 0 Å². The third-order valence-electron chi connectivity index (χ3n) is 3.13. The van der Waals surface area contributed by atoms with E-state index in [-0.39, 0.29) is 11.9 Å². The Morgan fingerprint density at radius 2 is 2.10 bits per heavy atom. The summed E-state index contributed by atoms with van der Waals surface area (Å²) in [6, 6.07) is 7.58. The first-order chi connectivity index (χ1) is 9.58. The molecule has 1 aromatic carbocycles. The molecule has 1 aromatic heterocycles. The van der Waals surface area contributed by atoms with Crippen molar-refractivity contribution in [3.8, 4) is 0 Å². The molecule has 1 atom stereocenters. The van der Waals surface area contributed by atoms with Crippen molar-refractivity contribution < 1.29 is 4.39 Å². The van der Waals surface area contributed by atoms with Gasteiger partial charge in [0.05, 0.1) is 0 Å². The van der Waals surface area contributed by atoms with Crippen LogP contribution in [0.15, 0.2) is 34.1 Å². The summed E-state index contributed by atoms with van der Waals surface area (Å²) in [5, 5.41) is 5.61. The van der Waals surface area contributed by atoms with E-state index < -0.39 is 0 Å². The lowest BCUT2D eigenvalue weighted by Gasteiger charge is -2.19. The van der Waals surface area contributed by atoms with E-state index in [0.717, 1.165) is 35.0 Å². The van der Waals surface area contributed by atoms with Crippen LogP contribution in [-0.2, 0) is 6.42 Å². The topological polar surface area (TPSA) is 12.0 Å². The molecule has 108 valence electrons. The average Bonchev–Trinajstić information content (AvgIpc) is 2.79. The molecular weight excluding hydrogens is 337 g/mol. The van der Waals surface area contributed by atoms with Crippen molar-refractivity contribution in [2.45, 2.75) is 32.7 Å². The van der Waals surface area contributed by atoms with Gasteiger partial charge in [-0.05, 0) is 65.1 Å². The molecule has 0 aliphatic heterocycles. The number of halogens is 2. The van der Waals surface area contributed by atoms with Crippen LogP contribution in [-0.4, -0.2) is 6.54 Å². The number of aryl methyl sites for hydroxylation is 1. The van der Waals surface area contributed by atoms with E-state index in [4.69, 9.17) is 0 Å². The Morgan fingerprint density at radius 1 is 1.30 bits per heavy atom. The maximum absolute atomic E-state index is 13.6. The summed E-state index contributed by atoms with van der Waals surface area (Å²) in [5.74, 6) is -0.157. The van der Waals surface area contributed by atoms with Crippen molar-refractivity contribution in [1.29, 1.82) is 0 Å². The molecule has 0 radical (unpaired) electrons. The minimum Gasteiger partial charge on any atom is -0.310 e. The van der Waals surface area contributed by atoms with E-state index in [9.17, 15) is 4.39 Å². The Balaban J connectivity index is 2.21. The molecule has 0 saturated heterocycles. The molecule has 1 nitrogen and oxygen atoms in total. The van der Waals surface area contributed by atoms with Gasteiger partial charge in [-0.1, -0.05) is 13.0 Å². The molecule has 0 saturated carbocycles. The number of benzene rings is 1. The number of thiophene rings is 1. The van der Waals surface area contributed by atoms with Crippen LogP contribution in [0.2, 0.25) is 0 Å². The van der Waals surface area contributed by atoms with E-state index in [1.807, 2.05) is 6.92 Å². The van der Waals surface area contributed by atoms with Gasteiger partial charge < -0.3 is 5.32 Å². The fourth-order valence-corrected chi connectivity index (χ4v) is 3.75. The van der Waals surface area contributed by atoms with Gasteiger partial charge in [0.1, 0.15) is 5.82 Å². The second-order valence-electron chi connectivity index (χ2n) is 5.00. The van der Waals surface area contributed by atoms with Gasteiger partial charge in [-0.3, -0.25) is 0 Å². The fourth-order valence-electron chi connectivity index (χ4n) is 2.25. The largest absolute Gasteiger partial charge is 0.310 e. The molecule has 0 fully saturated rings. The van der Waals surface area contributed by atoms with Gasteiger partial charge in [0.2, 0.25) is 0 Å². The molecule has 1 unspecified atom stereocenters. The van der Waals surface area contributed by atoms with Crippen molar-refractivity contribution >= 4 is 27.3 Å². The van der Waals surface area contributed by atoms with Gasteiger partial charge in [0.25, 0.3) is 0 Å². The second kappa shape index (κ2) is 7.34. The molecule has 0 spiro atoms. The lowest BCUT2D eigenvalue weighted by atomic mass is 10.0. The van der Waals surface area contributed by atoms with Crippen LogP contribution in [0.3, 0.4) is 0 Å². The maximum atomic E-state index is 13.6. The van der Waals surface area contributed by atoms with Crippen molar-refractivity contribution in [3.05, 3.63) is 55.9 Å². The van der Waals surface area contributed by atoms with E-state index in [1.165, 1.54) is 4.88 Å². The summed E-state index contributed by atoms with van der Waals surface area (Å²) in [6.07, 6.45) is 1.96. The van der Waals surface area contributed by atoms with E-state index in [0.29, 0.717) is 0 Å². The maximum Gasteiger partial charge on any atom is 0.123 e. The zero-order valence-corrected chi connectivity index (χ0v) is 14.2. The van der Waals surface area contributed by atoms with E-state index in [1.54, 1.807) is 23.5 Å². The Kier molecular flexibility index (Phi) is 5.75. The van der Waals surface area contributed by atoms with Crippen molar-refractivity contribution in [2.75, 3.05) is 6.54 Å². The number of hydrogen-bond acceptors (Lipinski definition) is 2. The fraction of sp³-hybridized carbons (Fsp3) is 0.375. The predicted octanol–water partition coefficient (Wildman–Crippen LogP) is 5.24. The molecule has 1 N–H and O–H groups in total. The average molecular weight is 356 g/mol. The molecule has 4 heteroatoms. The molecule has 2 aromatic rings. The summed E-state index contributed by atoms with van der Waals surface area (Å²) >= 11 is 5.22. The highest BCUT2D eigenvalue weighted by Crippen LogP contribution is 2.26. The Hall–Kier alpha value is -0.710. The molecular formula is C16H19BrFNS. The third kappa shape index (κ3) is 4.40. The summed E-state index contributed by atoms with van der Waals surface area (Å²) in [5.41, 5.74) is 2.00. The predicted molar refractivity (Wildman–Crippen MR) is 87.9 cm³/mol. The standard InChI is InChI=1S/C16H19BrFNS/c1-3-4-19-16(9-15-8-13(17)10-20-15)12-5-11(2)6-14(18)7-12/h5-8,10,16,19H,3-4,9H2,1-2H3. The van der Waals surface area contributed by atoms with Crippen LogP contribution in [0.1, 0.15) is 35.4 Å². The van der Waals surface area contributed by atoms with Crippen LogP contribution in [0.5, 0.6) is 0 Å². The summed E-state index contributed by atoms with van der Waals surface area (Å²) in [7, 11) is 0. The van der Waals surface area contributed by atoms with Gasteiger partial charge in [-0.2, -0.15) is 0 Å². The van der Waals surface area contributed by atoms with E-state index in [2.05, 4.69) is 45.7 Å². The lowest BCUT2D eigenvalue weighted by molar-refractivity contribution is 0.526. The molecule has 1 heterocycles. The first-order valence-electron chi connectivity index (χ1n) is 6.82. The number of nitrogens with one attached hydrogen (secondary N) is 1. The Morgan fingerprint density at radius 3 is 2.70 bits per heavy atom. The highest BCUT2D eigenvalue weighted by Gasteiger charge is 2.14. The van der Waals surface area contributed by atoms with Gasteiger partial charge in [0.15, 0.2) is 0 Å². The Bertz CT molecular complexity index is 547. The number of rotatable bonds is 6. The van der Waals surface area contributed by atoms with Crippen LogP contribution in [0.25, 0.3) is 0 Å². The van der Waals surface area contributed by atoms with Gasteiger partial charge in [-0.15, -0.1) is 11.3 Å². The molecule has 0 amide bonds. The van der Waals surface area contributed by atoms with Crippen LogP contribution >= 0.6 is 27.3 Å². The van der Waals surface area contributed by atoms with Gasteiger partial charge in [-0.25, -0.2) is 4.39 Å². The summed E-state index contributed by atoms with van der Waals surface area (Å²) in [4.78, 5) is 1.30. The minimum absolute atomic E-state index is 0.157. The third-order valence-corrected chi connectivity index (χ3v) is 4.85. The highest BCUT2D eigenvalue weighted by atomic mass is 79.9. The lowest BCUT2D eigenvalue weighted by Crippen LogP contribution is -2.24. The number of hydrogen-bond donors (Lipinski definition) is 1. The summed E-state index contributed by atoms with van der Waals surface area (Å²) in [6.45, 7) is 5.01. The van der Waals surface area contributed by atoms with Crippen LogP contribution in [0, 0.1) is 12.7 Å². The zero-order valence-electron chi connectivity index (χ0n) is 11.7. The molecule has 2 rings (SSSR count). The monoisotopic (exact) mass is 355 g/mol. The highest BCUT2D eigenvalue weighted by molar-refractivity contribution is 9.10. The van der Waals surface area contributed by atoms with Crippen molar-refractivity contribution in [2.24, 2.45) is 0 Å². The van der Waals surface area contributed by atoms with Crippen molar-refractivity contribution in [1.82, 2.24) is 5.32 Å². The molecule has 20 heavy (non-hydrogen) atoms. The molecule has 0 aliphatic carbocycles. The quantitative estimate of drug-likeness (QED) is 0.746. The van der Waals surface area contributed by atoms with Gasteiger partial charge in [0, 0.05) is 27.2 Å². The SMILES string of the molecule is CCCNC(Cc1cc(Br)cs1)c1cc(C)cc(F)c1. The molecule has 0 aliphatic rings. The minimum atomic E-state index is -0.157. The van der Waals surface area contributed by atoms with Crippen LogP contribution < -0.4 is 5.32 Å². The first kappa shape index (κ1) is 15.7. The van der Waals surface area contributed by atoms with Crippen molar-refractivity contribution in [3.63, 3.8) is 0 Å².